The minimum absolute atomic E-state index is 0.162. The molecule has 0 heterocycles. The first-order valence-corrected chi connectivity index (χ1v) is 6.37. The Morgan fingerprint density at radius 2 is 1.81 bits per heavy atom. The lowest BCUT2D eigenvalue weighted by Crippen LogP contribution is -2.32. The van der Waals surface area contributed by atoms with E-state index in [-0.39, 0.29) is 6.04 Å². The molecule has 0 fully saturated rings. The molecule has 2 atom stereocenters. The second-order valence-corrected chi connectivity index (χ2v) is 5.55. The maximum Gasteiger partial charge on any atom is 0.0439 e. The molecule has 90 valence electrons. The van der Waals surface area contributed by atoms with E-state index in [0.717, 1.165) is 22.0 Å². The predicted octanol–water partition coefficient (Wildman–Crippen LogP) is 4.16. The monoisotopic (exact) mass is 259 g/mol. The Bertz CT molecular complexity index is 340. The second-order valence-electron chi connectivity index (χ2n) is 4.71. The van der Waals surface area contributed by atoms with Crippen LogP contribution in [0.15, 0.2) is 18.2 Å². The SMILES string of the molecule is CC(C)C(Cc1cc(Cl)ccc1Cl)C(C)N. The summed E-state index contributed by atoms with van der Waals surface area (Å²) in [4.78, 5) is 0. The van der Waals surface area contributed by atoms with Crippen molar-refractivity contribution in [1.29, 1.82) is 0 Å². The van der Waals surface area contributed by atoms with Crippen LogP contribution in [-0.2, 0) is 6.42 Å². The first kappa shape index (κ1) is 13.8. The molecule has 1 rings (SSSR count). The minimum Gasteiger partial charge on any atom is -0.328 e. The van der Waals surface area contributed by atoms with Gasteiger partial charge in [0.2, 0.25) is 0 Å². The van der Waals surface area contributed by atoms with Crippen molar-refractivity contribution in [2.24, 2.45) is 17.6 Å². The van der Waals surface area contributed by atoms with Crippen LogP contribution in [0.4, 0.5) is 0 Å². The summed E-state index contributed by atoms with van der Waals surface area (Å²) >= 11 is 12.1. The molecule has 3 heteroatoms. The first-order chi connectivity index (χ1) is 7.41. The summed E-state index contributed by atoms with van der Waals surface area (Å²) in [7, 11) is 0. The third kappa shape index (κ3) is 3.65. The van der Waals surface area contributed by atoms with Crippen LogP contribution >= 0.6 is 23.2 Å². The number of hydrogen-bond donors (Lipinski definition) is 1. The standard InChI is InChI=1S/C13H19Cl2N/c1-8(2)12(9(3)16)7-10-6-11(14)4-5-13(10)15/h4-6,8-9,12H,7,16H2,1-3H3. The molecule has 16 heavy (non-hydrogen) atoms. The summed E-state index contributed by atoms with van der Waals surface area (Å²) in [6, 6.07) is 5.75. The van der Waals surface area contributed by atoms with Crippen molar-refractivity contribution < 1.29 is 0 Å². The third-order valence-electron chi connectivity index (χ3n) is 3.00. The summed E-state index contributed by atoms with van der Waals surface area (Å²) in [6.45, 7) is 6.42. The van der Waals surface area contributed by atoms with E-state index in [1.165, 1.54) is 0 Å². The van der Waals surface area contributed by atoms with Crippen LogP contribution in [0.25, 0.3) is 0 Å². The van der Waals surface area contributed by atoms with Crippen LogP contribution in [0.5, 0.6) is 0 Å². The second kappa shape index (κ2) is 5.90. The van der Waals surface area contributed by atoms with Crippen molar-refractivity contribution in [2.45, 2.75) is 33.2 Å². The number of benzene rings is 1. The van der Waals surface area contributed by atoms with E-state index in [0.29, 0.717) is 11.8 Å². The van der Waals surface area contributed by atoms with Gasteiger partial charge in [-0.2, -0.15) is 0 Å². The Hall–Kier alpha value is -0.240. The summed E-state index contributed by atoms with van der Waals surface area (Å²) in [6.07, 6.45) is 0.884. The highest BCUT2D eigenvalue weighted by Crippen LogP contribution is 2.27. The smallest absolute Gasteiger partial charge is 0.0439 e. The Morgan fingerprint density at radius 1 is 1.19 bits per heavy atom. The zero-order valence-electron chi connectivity index (χ0n) is 10.0. The van der Waals surface area contributed by atoms with Gasteiger partial charge in [-0.3, -0.25) is 0 Å². The fourth-order valence-corrected chi connectivity index (χ4v) is 2.37. The molecule has 2 unspecified atom stereocenters. The van der Waals surface area contributed by atoms with Gasteiger partial charge in [0.1, 0.15) is 0 Å². The molecule has 0 bridgehead atoms. The quantitative estimate of drug-likeness (QED) is 0.864. The number of hydrogen-bond acceptors (Lipinski definition) is 1. The van der Waals surface area contributed by atoms with E-state index in [1.54, 1.807) is 0 Å². The van der Waals surface area contributed by atoms with Gasteiger partial charge < -0.3 is 5.73 Å². The van der Waals surface area contributed by atoms with Crippen molar-refractivity contribution >= 4 is 23.2 Å². The Kier molecular flexibility index (Phi) is 5.10. The Balaban J connectivity index is 2.89. The molecule has 0 saturated carbocycles. The number of halogens is 2. The van der Waals surface area contributed by atoms with Gasteiger partial charge in [-0.15, -0.1) is 0 Å². The third-order valence-corrected chi connectivity index (χ3v) is 3.60. The maximum atomic E-state index is 6.15. The topological polar surface area (TPSA) is 26.0 Å². The molecule has 1 aromatic rings. The molecule has 0 spiro atoms. The van der Waals surface area contributed by atoms with Gasteiger partial charge in [-0.1, -0.05) is 37.0 Å². The molecule has 0 aliphatic carbocycles. The number of nitrogens with two attached hydrogens (primary N) is 1. The van der Waals surface area contributed by atoms with Gasteiger partial charge in [-0.05, 0) is 48.9 Å². The summed E-state index contributed by atoms with van der Waals surface area (Å²) < 4.78 is 0. The molecule has 0 aliphatic rings. The van der Waals surface area contributed by atoms with Crippen LogP contribution in [0.3, 0.4) is 0 Å². The van der Waals surface area contributed by atoms with Crippen LogP contribution in [-0.4, -0.2) is 6.04 Å². The van der Waals surface area contributed by atoms with E-state index in [1.807, 2.05) is 25.1 Å². The highest BCUT2D eigenvalue weighted by atomic mass is 35.5. The molecule has 0 aliphatic heterocycles. The molecule has 0 radical (unpaired) electrons. The van der Waals surface area contributed by atoms with Crippen LogP contribution in [0.1, 0.15) is 26.3 Å². The van der Waals surface area contributed by atoms with Gasteiger partial charge in [0.15, 0.2) is 0 Å². The molecule has 0 amide bonds. The van der Waals surface area contributed by atoms with E-state index in [9.17, 15) is 0 Å². The molecule has 1 nitrogen and oxygen atoms in total. The van der Waals surface area contributed by atoms with Gasteiger partial charge in [0.05, 0.1) is 0 Å². The zero-order valence-corrected chi connectivity index (χ0v) is 11.5. The van der Waals surface area contributed by atoms with Crippen LogP contribution in [0.2, 0.25) is 10.0 Å². The fraction of sp³-hybridized carbons (Fsp3) is 0.538. The van der Waals surface area contributed by atoms with E-state index in [4.69, 9.17) is 28.9 Å². The lowest BCUT2D eigenvalue weighted by molar-refractivity contribution is 0.330. The Labute approximate surface area is 108 Å². The normalized spacial score (nSPS) is 15.2. The number of rotatable bonds is 4. The first-order valence-electron chi connectivity index (χ1n) is 5.61. The van der Waals surface area contributed by atoms with Crippen LogP contribution < -0.4 is 5.73 Å². The average molecular weight is 260 g/mol. The maximum absolute atomic E-state index is 6.15. The van der Waals surface area contributed by atoms with Crippen molar-refractivity contribution in [2.75, 3.05) is 0 Å². The highest BCUT2D eigenvalue weighted by Gasteiger charge is 2.19. The average Bonchev–Trinajstić information content (AvgIpc) is 2.18. The lowest BCUT2D eigenvalue weighted by atomic mass is 9.84. The molecular formula is C13H19Cl2N. The lowest BCUT2D eigenvalue weighted by Gasteiger charge is -2.25. The van der Waals surface area contributed by atoms with Gasteiger partial charge in [-0.25, -0.2) is 0 Å². The summed E-state index contributed by atoms with van der Waals surface area (Å²) in [5.74, 6) is 0.964. The summed E-state index contributed by atoms with van der Waals surface area (Å²) in [5, 5.41) is 1.50. The van der Waals surface area contributed by atoms with E-state index < -0.39 is 0 Å². The van der Waals surface area contributed by atoms with E-state index >= 15 is 0 Å². The van der Waals surface area contributed by atoms with Gasteiger partial charge in [0, 0.05) is 16.1 Å². The van der Waals surface area contributed by atoms with Crippen molar-refractivity contribution in [3.8, 4) is 0 Å². The summed E-state index contributed by atoms with van der Waals surface area (Å²) in [5.41, 5.74) is 7.09. The van der Waals surface area contributed by atoms with Crippen LogP contribution in [0, 0.1) is 11.8 Å². The molecule has 0 saturated heterocycles. The minimum atomic E-state index is 0.162. The highest BCUT2D eigenvalue weighted by molar-refractivity contribution is 6.33. The molecular weight excluding hydrogens is 241 g/mol. The van der Waals surface area contributed by atoms with E-state index in [2.05, 4.69) is 13.8 Å². The van der Waals surface area contributed by atoms with Gasteiger partial charge >= 0.3 is 0 Å². The molecule has 2 N–H and O–H groups in total. The fourth-order valence-electron chi connectivity index (χ4n) is 1.98. The van der Waals surface area contributed by atoms with Crippen molar-refractivity contribution in [1.82, 2.24) is 0 Å². The predicted molar refractivity (Wildman–Crippen MR) is 72.1 cm³/mol. The van der Waals surface area contributed by atoms with Crippen molar-refractivity contribution in [3.63, 3.8) is 0 Å². The molecule has 0 aromatic heterocycles. The van der Waals surface area contributed by atoms with Crippen molar-refractivity contribution in [3.05, 3.63) is 33.8 Å². The zero-order chi connectivity index (χ0) is 12.3. The molecule has 1 aromatic carbocycles. The van der Waals surface area contributed by atoms with Gasteiger partial charge in [0.25, 0.3) is 0 Å². The Morgan fingerprint density at radius 3 is 2.31 bits per heavy atom. The largest absolute Gasteiger partial charge is 0.328 e.